The van der Waals surface area contributed by atoms with Crippen molar-refractivity contribution in [2.45, 2.75) is 45.8 Å². The number of benzene rings is 1. The lowest BCUT2D eigenvalue weighted by Gasteiger charge is -2.27. The number of aromatic nitrogens is 2. The molecule has 2 heterocycles. The zero-order valence-electron chi connectivity index (χ0n) is 14.5. The average molecular weight is 326 g/mol. The molecule has 0 amide bonds. The van der Waals surface area contributed by atoms with Crippen molar-refractivity contribution in [3.05, 3.63) is 42.2 Å². The fraction of sp³-hybridized carbons (Fsp3) is 0.474. The molecule has 1 fully saturated rings. The molecule has 5 nitrogen and oxygen atoms in total. The van der Waals surface area contributed by atoms with Crippen LogP contribution in [0.1, 0.15) is 38.7 Å². The summed E-state index contributed by atoms with van der Waals surface area (Å²) in [5, 5.41) is 3.40. The Kier molecular flexibility index (Phi) is 5.51. The smallest absolute Gasteiger partial charge is 0.134 e. The maximum Gasteiger partial charge on any atom is 0.134 e. The van der Waals surface area contributed by atoms with Gasteiger partial charge in [0.1, 0.15) is 23.7 Å². The second kappa shape index (κ2) is 7.99. The molecule has 1 aromatic carbocycles. The fourth-order valence-electron chi connectivity index (χ4n) is 2.94. The lowest BCUT2D eigenvalue weighted by atomic mass is 10.1. The van der Waals surface area contributed by atoms with Gasteiger partial charge in [-0.25, -0.2) is 9.97 Å². The Morgan fingerprint density at radius 1 is 1.12 bits per heavy atom. The highest BCUT2D eigenvalue weighted by molar-refractivity contribution is 5.49. The molecule has 0 bridgehead atoms. The Labute approximate surface area is 144 Å². The van der Waals surface area contributed by atoms with E-state index in [0.29, 0.717) is 6.54 Å². The summed E-state index contributed by atoms with van der Waals surface area (Å²) in [4.78, 5) is 11.1. The maximum absolute atomic E-state index is 5.87. The van der Waals surface area contributed by atoms with Crippen LogP contribution in [0.2, 0.25) is 0 Å². The highest BCUT2D eigenvalue weighted by atomic mass is 16.5. The minimum absolute atomic E-state index is 0.163. The predicted molar refractivity (Wildman–Crippen MR) is 97.6 cm³/mol. The SMILES string of the molecule is CC(C)Oc1ccccc1CNc1cc(N2CCCCC2)ncn1. The van der Waals surface area contributed by atoms with Crippen molar-refractivity contribution >= 4 is 11.6 Å². The van der Waals surface area contributed by atoms with E-state index in [1.54, 1.807) is 6.33 Å². The van der Waals surface area contributed by atoms with Crippen molar-refractivity contribution in [1.29, 1.82) is 0 Å². The molecule has 0 spiro atoms. The molecule has 0 aliphatic carbocycles. The molecule has 0 unspecified atom stereocenters. The Bertz CT molecular complexity index is 653. The molecule has 2 aromatic rings. The molecule has 1 aliphatic rings. The summed E-state index contributed by atoms with van der Waals surface area (Å²) in [6.07, 6.45) is 5.61. The molecule has 0 saturated carbocycles. The van der Waals surface area contributed by atoms with Crippen LogP contribution in [0, 0.1) is 0 Å². The van der Waals surface area contributed by atoms with Gasteiger partial charge in [-0.1, -0.05) is 18.2 Å². The topological polar surface area (TPSA) is 50.3 Å². The van der Waals surface area contributed by atoms with E-state index in [4.69, 9.17) is 4.74 Å². The molecule has 1 aliphatic heterocycles. The van der Waals surface area contributed by atoms with Gasteiger partial charge < -0.3 is 15.0 Å². The van der Waals surface area contributed by atoms with Gasteiger partial charge in [0.15, 0.2) is 0 Å². The number of ether oxygens (including phenoxy) is 1. The molecule has 0 atom stereocenters. The normalized spacial score (nSPS) is 14.7. The molecule has 128 valence electrons. The zero-order chi connectivity index (χ0) is 16.8. The first-order valence-electron chi connectivity index (χ1n) is 8.78. The van der Waals surface area contributed by atoms with E-state index < -0.39 is 0 Å². The van der Waals surface area contributed by atoms with E-state index in [1.807, 2.05) is 38.1 Å². The predicted octanol–water partition coefficient (Wildman–Crippen LogP) is 3.87. The van der Waals surface area contributed by atoms with Gasteiger partial charge in [0.25, 0.3) is 0 Å². The molecule has 1 saturated heterocycles. The summed E-state index contributed by atoms with van der Waals surface area (Å²) in [7, 11) is 0. The van der Waals surface area contributed by atoms with Crippen LogP contribution >= 0.6 is 0 Å². The summed E-state index contributed by atoms with van der Waals surface area (Å²) in [5.74, 6) is 2.79. The summed E-state index contributed by atoms with van der Waals surface area (Å²) >= 11 is 0. The molecule has 1 aromatic heterocycles. The number of nitrogens with zero attached hydrogens (tertiary/aromatic N) is 3. The van der Waals surface area contributed by atoms with Crippen LogP contribution < -0.4 is 15.0 Å². The van der Waals surface area contributed by atoms with Gasteiger partial charge in [0, 0.05) is 31.3 Å². The number of hydrogen-bond donors (Lipinski definition) is 1. The molecule has 3 rings (SSSR count). The minimum Gasteiger partial charge on any atom is -0.491 e. The summed E-state index contributed by atoms with van der Waals surface area (Å²) in [6.45, 7) is 6.93. The Morgan fingerprint density at radius 3 is 2.71 bits per heavy atom. The van der Waals surface area contributed by atoms with Crippen LogP contribution in [0.15, 0.2) is 36.7 Å². The van der Waals surface area contributed by atoms with E-state index in [1.165, 1.54) is 19.3 Å². The lowest BCUT2D eigenvalue weighted by Crippen LogP contribution is -2.30. The summed E-state index contributed by atoms with van der Waals surface area (Å²) in [6, 6.07) is 10.2. The molecular formula is C19H26N4O. The van der Waals surface area contributed by atoms with Gasteiger partial charge in [-0.3, -0.25) is 0 Å². The van der Waals surface area contributed by atoms with E-state index >= 15 is 0 Å². The van der Waals surface area contributed by atoms with Gasteiger partial charge >= 0.3 is 0 Å². The molecule has 0 radical (unpaired) electrons. The number of rotatable bonds is 6. The second-order valence-corrected chi connectivity index (χ2v) is 6.44. The number of para-hydroxylation sites is 1. The van der Waals surface area contributed by atoms with E-state index in [2.05, 4.69) is 26.3 Å². The van der Waals surface area contributed by atoms with Crippen molar-refractivity contribution in [2.75, 3.05) is 23.3 Å². The highest BCUT2D eigenvalue weighted by Gasteiger charge is 2.13. The zero-order valence-corrected chi connectivity index (χ0v) is 14.5. The first-order chi connectivity index (χ1) is 11.7. The molecule has 24 heavy (non-hydrogen) atoms. The molecule has 5 heteroatoms. The van der Waals surface area contributed by atoms with Crippen molar-refractivity contribution in [3.63, 3.8) is 0 Å². The van der Waals surface area contributed by atoms with Crippen LogP contribution in [0.3, 0.4) is 0 Å². The van der Waals surface area contributed by atoms with E-state index in [-0.39, 0.29) is 6.10 Å². The van der Waals surface area contributed by atoms with Gasteiger partial charge in [0.2, 0.25) is 0 Å². The number of anilines is 2. The van der Waals surface area contributed by atoms with Crippen molar-refractivity contribution < 1.29 is 4.74 Å². The fourth-order valence-corrected chi connectivity index (χ4v) is 2.94. The Balaban J connectivity index is 1.66. The number of nitrogens with one attached hydrogen (secondary N) is 1. The third-order valence-electron chi connectivity index (χ3n) is 4.13. The third kappa shape index (κ3) is 4.37. The van der Waals surface area contributed by atoms with Gasteiger partial charge in [-0.2, -0.15) is 0 Å². The maximum atomic E-state index is 5.87. The molecule has 1 N–H and O–H groups in total. The monoisotopic (exact) mass is 326 g/mol. The first kappa shape index (κ1) is 16.6. The van der Waals surface area contributed by atoms with E-state index in [9.17, 15) is 0 Å². The van der Waals surface area contributed by atoms with Crippen molar-refractivity contribution in [1.82, 2.24) is 9.97 Å². The van der Waals surface area contributed by atoms with Gasteiger partial charge in [-0.05, 0) is 39.2 Å². The second-order valence-electron chi connectivity index (χ2n) is 6.44. The average Bonchev–Trinajstić information content (AvgIpc) is 2.61. The number of hydrogen-bond acceptors (Lipinski definition) is 5. The Morgan fingerprint density at radius 2 is 1.92 bits per heavy atom. The van der Waals surface area contributed by atoms with Crippen LogP contribution in [-0.4, -0.2) is 29.2 Å². The molecular weight excluding hydrogens is 300 g/mol. The number of piperidine rings is 1. The highest BCUT2D eigenvalue weighted by Crippen LogP contribution is 2.22. The first-order valence-corrected chi connectivity index (χ1v) is 8.78. The minimum atomic E-state index is 0.163. The van der Waals surface area contributed by atoms with Crippen LogP contribution in [-0.2, 0) is 6.54 Å². The van der Waals surface area contributed by atoms with Crippen LogP contribution in [0.25, 0.3) is 0 Å². The van der Waals surface area contributed by atoms with Gasteiger partial charge in [0.05, 0.1) is 6.10 Å². The third-order valence-corrected chi connectivity index (χ3v) is 4.13. The van der Waals surface area contributed by atoms with Crippen LogP contribution in [0.5, 0.6) is 5.75 Å². The van der Waals surface area contributed by atoms with Gasteiger partial charge in [-0.15, -0.1) is 0 Å². The quantitative estimate of drug-likeness (QED) is 0.873. The van der Waals surface area contributed by atoms with Crippen molar-refractivity contribution in [2.24, 2.45) is 0 Å². The summed E-state index contributed by atoms with van der Waals surface area (Å²) < 4.78 is 5.87. The largest absolute Gasteiger partial charge is 0.491 e. The van der Waals surface area contributed by atoms with E-state index in [0.717, 1.165) is 36.0 Å². The summed E-state index contributed by atoms with van der Waals surface area (Å²) in [5.41, 5.74) is 1.13. The Hall–Kier alpha value is -2.30. The standard InChI is InChI=1S/C19H26N4O/c1-15(2)24-17-9-5-4-8-16(17)13-20-18-12-19(22-14-21-18)23-10-6-3-7-11-23/h4-5,8-9,12,14-15H,3,6-7,10-11,13H2,1-2H3,(H,20,21,22). The lowest BCUT2D eigenvalue weighted by molar-refractivity contribution is 0.240. The van der Waals surface area contributed by atoms with Crippen LogP contribution in [0.4, 0.5) is 11.6 Å². The van der Waals surface area contributed by atoms with Crippen molar-refractivity contribution in [3.8, 4) is 5.75 Å².